The predicted octanol–water partition coefficient (Wildman–Crippen LogP) is 2.68. The molecule has 0 N–H and O–H groups in total. The molecular weight excluding hydrogens is 256 g/mol. The first-order valence-corrected chi connectivity index (χ1v) is 6.28. The summed E-state index contributed by atoms with van der Waals surface area (Å²) in [7, 11) is 0. The van der Waals surface area contributed by atoms with E-state index in [1.165, 1.54) is 19.3 Å². The number of halogens is 1. The topological polar surface area (TPSA) is 34.9 Å². The van der Waals surface area contributed by atoms with E-state index < -0.39 is 0 Å². The lowest BCUT2D eigenvalue weighted by molar-refractivity contribution is 0.406. The van der Waals surface area contributed by atoms with Crippen LogP contribution in [0.15, 0.2) is 15.6 Å². The van der Waals surface area contributed by atoms with Gasteiger partial charge in [0.2, 0.25) is 0 Å². The second-order valence-corrected chi connectivity index (χ2v) is 4.86. The zero-order chi connectivity index (χ0) is 10.8. The van der Waals surface area contributed by atoms with Gasteiger partial charge in [-0.15, -0.1) is 0 Å². The van der Waals surface area contributed by atoms with Crippen molar-refractivity contribution in [2.75, 3.05) is 0 Å². The van der Waals surface area contributed by atoms with Crippen LogP contribution in [0.3, 0.4) is 0 Å². The molecule has 1 heterocycles. The Labute approximate surface area is 97.7 Å². The maximum Gasteiger partial charge on any atom is 0.267 e. The Morgan fingerprint density at radius 3 is 2.87 bits per heavy atom. The second-order valence-electron chi connectivity index (χ2n) is 4.07. The summed E-state index contributed by atoms with van der Waals surface area (Å²) in [5.41, 5.74) is 1.02. The van der Waals surface area contributed by atoms with E-state index in [1.807, 2.05) is 0 Å². The summed E-state index contributed by atoms with van der Waals surface area (Å²) in [6, 6.07) is 0. The van der Waals surface area contributed by atoms with Gasteiger partial charge < -0.3 is 0 Å². The smallest absolute Gasteiger partial charge is 0.267 e. The van der Waals surface area contributed by atoms with Gasteiger partial charge in [-0.1, -0.05) is 13.3 Å². The first-order valence-electron chi connectivity index (χ1n) is 5.49. The summed E-state index contributed by atoms with van der Waals surface area (Å²) >= 11 is 3.38. The van der Waals surface area contributed by atoms with E-state index in [-0.39, 0.29) is 5.56 Å². The molecule has 0 spiro atoms. The van der Waals surface area contributed by atoms with E-state index in [0.717, 1.165) is 18.7 Å². The Morgan fingerprint density at radius 2 is 2.33 bits per heavy atom. The zero-order valence-corrected chi connectivity index (χ0v) is 10.5. The van der Waals surface area contributed by atoms with Crippen molar-refractivity contribution < 1.29 is 0 Å². The van der Waals surface area contributed by atoms with Crippen molar-refractivity contribution in [3.63, 3.8) is 0 Å². The van der Waals surface area contributed by atoms with Crippen LogP contribution in [0, 0.1) is 0 Å². The van der Waals surface area contributed by atoms with E-state index in [9.17, 15) is 4.79 Å². The van der Waals surface area contributed by atoms with Crippen LogP contribution in [0.5, 0.6) is 0 Å². The fourth-order valence-corrected chi connectivity index (χ4v) is 2.50. The molecule has 1 aliphatic carbocycles. The van der Waals surface area contributed by atoms with Gasteiger partial charge in [0.15, 0.2) is 0 Å². The summed E-state index contributed by atoms with van der Waals surface area (Å²) in [5.74, 6) is 0.503. The highest BCUT2D eigenvalue weighted by atomic mass is 79.9. The third-order valence-corrected chi connectivity index (χ3v) is 3.71. The minimum absolute atomic E-state index is 0.0637. The minimum Gasteiger partial charge on any atom is -0.298 e. The van der Waals surface area contributed by atoms with Crippen LogP contribution in [-0.4, -0.2) is 9.55 Å². The largest absolute Gasteiger partial charge is 0.298 e. The minimum atomic E-state index is 0.0637. The summed E-state index contributed by atoms with van der Waals surface area (Å²) in [4.78, 5) is 16.3. The van der Waals surface area contributed by atoms with Gasteiger partial charge in [-0.3, -0.25) is 9.36 Å². The van der Waals surface area contributed by atoms with E-state index in [4.69, 9.17) is 0 Å². The number of aryl methyl sites for hydroxylation is 1. The lowest BCUT2D eigenvalue weighted by atomic mass is 9.83. The molecule has 2 rings (SSSR count). The predicted molar refractivity (Wildman–Crippen MR) is 63.1 cm³/mol. The molecule has 0 unspecified atom stereocenters. The Balaban J connectivity index is 2.35. The van der Waals surface area contributed by atoms with E-state index in [0.29, 0.717) is 10.4 Å². The highest BCUT2D eigenvalue weighted by Gasteiger charge is 2.24. The summed E-state index contributed by atoms with van der Waals surface area (Å²) in [5, 5.41) is 0. The van der Waals surface area contributed by atoms with Crippen molar-refractivity contribution >= 4 is 15.9 Å². The Morgan fingerprint density at radius 1 is 1.60 bits per heavy atom. The molecule has 0 aromatic carbocycles. The maximum atomic E-state index is 11.9. The van der Waals surface area contributed by atoms with Gasteiger partial charge in [-0.2, -0.15) is 0 Å². The molecule has 0 aliphatic heterocycles. The third kappa shape index (κ3) is 2.00. The van der Waals surface area contributed by atoms with Crippen LogP contribution in [0.2, 0.25) is 0 Å². The average molecular weight is 271 g/mol. The van der Waals surface area contributed by atoms with Gasteiger partial charge >= 0.3 is 0 Å². The molecule has 1 fully saturated rings. The highest BCUT2D eigenvalue weighted by Crippen LogP contribution is 2.37. The number of aromatic nitrogens is 2. The Kier molecular flexibility index (Phi) is 3.24. The molecule has 82 valence electrons. The van der Waals surface area contributed by atoms with Crippen molar-refractivity contribution in [2.45, 2.75) is 45.1 Å². The molecule has 0 atom stereocenters. The molecule has 1 aromatic rings. The molecule has 0 bridgehead atoms. The Bertz CT molecular complexity index is 410. The molecule has 15 heavy (non-hydrogen) atoms. The molecule has 0 radical (unpaired) electrons. The molecule has 1 aromatic heterocycles. The van der Waals surface area contributed by atoms with E-state index in [2.05, 4.69) is 27.8 Å². The van der Waals surface area contributed by atoms with Crippen LogP contribution < -0.4 is 5.56 Å². The monoisotopic (exact) mass is 270 g/mol. The van der Waals surface area contributed by atoms with Crippen LogP contribution in [0.25, 0.3) is 0 Å². The second kappa shape index (κ2) is 4.47. The summed E-state index contributed by atoms with van der Waals surface area (Å²) < 4.78 is 2.34. The first-order chi connectivity index (χ1) is 7.24. The van der Waals surface area contributed by atoms with Crippen molar-refractivity contribution in [3.8, 4) is 0 Å². The van der Waals surface area contributed by atoms with Crippen molar-refractivity contribution in [3.05, 3.63) is 26.8 Å². The summed E-state index contributed by atoms with van der Waals surface area (Å²) in [6.07, 6.45) is 6.24. The first kappa shape index (κ1) is 10.9. The van der Waals surface area contributed by atoms with Crippen LogP contribution >= 0.6 is 15.9 Å². The lowest BCUT2D eigenvalue weighted by Gasteiger charge is -2.25. The molecule has 3 nitrogen and oxygen atoms in total. The maximum absolute atomic E-state index is 11.9. The fraction of sp³-hybridized carbons (Fsp3) is 0.636. The van der Waals surface area contributed by atoms with Gasteiger partial charge in [0.05, 0.1) is 12.0 Å². The number of nitrogens with zero attached hydrogens (tertiary/aromatic N) is 2. The van der Waals surface area contributed by atoms with Gasteiger partial charge in [0.25, 0.3) is 5.56 Å². The van der Waals surface area contributed by atoms with Crippen molar-refractivity contribution in [2.24, 2.45) is 0 Å². The van der Waals surface area contributed by atoms with Crippen molar-refractivity contribution in [1.82, 2.24) is 9.55 Å². The van der Waals surface area contributed by atoms with Crippen LogP contribution in [0.4, 0.5) is 0 Å². The molecular formula is C11H15BrN2O. The number of rotatable bonds is 3. The molecule has 0 amide bonds. The quantitative estimate of drug-likeness (QED) is 0.847. The molecule has 0 saturated heterocycles. The molecule has 1 aliphatic rings. The van der Waals surface area contributed by atoms with Gasteiger partial charge in [0.1, 0.15) is 4.47 Å². The highest BCUT2D eigenvalue weighted by molar-refractivity contribution is 9.10. The van der Waals surface area contributed by atoms with Gasteiger partial charge in [0, 0.05) is 12.5 Å². The number of hydrogen-bond donors (Lipinski definition) is 0. The molecule has 1 saturated carbocycles. The standard InChI is InChI=1S/C11H15BrN2O/c1-2-6-14-7-13-10(8-4-3-5-8)9(12)11(14)15/h7-8H,2-6H2,1H3. The zero-order valence-electron chi connectivity index (χ0n) is 8.87. The van der Waals surface area contributed by atoms with Crippen molar-refractivity contribution in [1.29, 1.82) is 0 Å². The normalized spacial score (nSPS) is 16.4. The van der Waals surface area contributed by atoms with Crippen LogP contribution in [0.1, 0.15) is 44.2 Å². The molecule has 4 heteroatoms. The number of hydrogen-bond acceptors (Lipinski definition) is 2. The lowest BCUT2D eigenvalue weighted by Crippen LogP contribution is -2.25. The average Bonchev–Trinajstić information content (AvgIpc) is 2.15. The Hall–Kier alpha value is -0.640. The van der Waals surface area contributed by atoms with Gasteiger partial charge in [-0.25, -0.2) is 4.98 Å². The fourth-order valence-electron chi connectivity index (χ4n) is 1.84. The summed E-state index contributed by atoms with van der Waals surface area (Å²) in [6.45, 7) is 2.80. The van der Waals surface area contributed by atoms with E-state index in [1.54, 1.807) is 10.9 Å². The third-order valence-electron chi connectivity index (χ3n) is 2.97. The van der Waals surface area contributed by atoms with E-state index >= 15 is 0 Å². The van der Waals surface area contributed by atoms with Gasteiger partial charge in [-0.05, 0) is 35.2 Å². The SMILES string of the molecule is CCCn1cnc(C2CCC2)c(Br)c1=O. The van der Waals surface area contributed by atoms with Crippen LogP contribution in [-0.2, 0) is 6.54 Å².